The summed E-state index contributed by atoms with van der Waals surface area (Å²) in [6.45, 7) is 4.61. The molecule has 0 unspecified atom stereocenters. The fraction of sp³-hybridized carbons (Fsp3) is 0.500. The Morgan fingerprint density at radius 1 is 1.21 bits per heavy atom. The van der Waals surface area contributed by atoms with Gasteiger partial charge in [-0.3, -0.25) is 0 Å². The van der Waals surface area contributed by atoms with Crippen molar-refractivity contribution in [1.82, 2.24) is 0 Å². The van der Waals surface area contributed by atoms with Crippen LogP contribution in [0.2, 0.25) is 5.02 Å². The molecule has 1 fully saturated rings. The molecular weight excluding hydrogens is 194 g/mol. The van der Waals surface area contributed by atoms with Gasteiger partial charge in [0.2, 0.25) is 0 Å². The monoisotopic (exact) mass is 209 g/mol. The van der Waals surface area contributed by atoms with Gasteiger partial charge in [0.05, 0.1) is 10.7 Å². The van der Waals surface area contributed by atoms with E-state index in [0.29, 0.717) is 0 Å². The standard InChI is InChI=1S/C12H16ClN/c1-10-6-8-14(9-7-10)12-5-3-2-4-11(12)13/h2-5,10H,6-9H2,1H3. The van der Waals surface area contributed by atoms with Gasteiger partial charge < -0.3 is 4.90 Å². The fourth-order valence-corrected chi connectivity index (χ4v) is 2.21. The summed E-state index contributed by atoms with van der Waals surface area (Å²) in [4.78, 5) is 2.39. The summed E-state index contributed by atoms with van der Waals surface area (Å²) in [6, 6.07) is 8.12. The van der Waals surface area contributed by atoms with E-state index in [1.807, 2.05) is 12.1 Å². The highest BCUT2D eigenvalue weighted by Gasteiger charge is 2.17. The largest absolute Gasteiger partial charge is 0.370 e. The van der Waals surface area contributed by atoms with Gasteiger partial charge in [0.25, 0.3) is 0 Å². The van der Waals surface area contributed by atoms with E-state index >= 15 is 0 Å². The van der Waals surface area contributed by atoms with Crippen LogP contribution in [-0.4, -0.2) is 13.1 Å². The number of hydrogen-bond donors (Lipinski definition) is 0. The Labute approximate surface area is 90.7 Å². The minimum absolute atomic E-state index is 0.869. The van der Waals surface area contributed by atoms with E-state index in [0.717, 1.165) is 24.0 Å². The van der Waals surface area contributed by atoms with Crippen molar-refractivity contribution in [3.05, 3.63) is 29.3 Å². The van der Waals surface area contributed by atoms with E-state index in [4.69, 9.17) is 11.6 Å². The molecule has 0 bridgehead atoms. The van der Waals surface area contributed by atoms with Crippen LogP contribution in [0.5, 0.6) is 0 Å². The molecule has 0 amide bonds. The molecular formula is C12H16ClN. The number of hydrogen-bond acceptors (Lipinski definition) is 1. The van der Waals surface area contributed by atoms with Crippen molar-refractivity contribution in [2.45, 2.75) is 19.8 Å². The summed E-state index contributed by atoms with van der Waals surface area (Å²) in [6.07, 6.45) is 2.57. The molecule has 0 atom stereocenters. The fourth-order valence-electron chi connectivity index (χ4n) is 1.96. The molecule has 1 heterocycles. The van der Waals surface area contributed by atoms with Crippen LogP contribution >= 0.6 is 11.6 Å². The summed E-state index contributed by atoms with van der Waals surface area (Å²) in [5, 5.41) is 0.877. The van der Waals surface area contributed by atoms with Crippen LogP contribution in [0.25, 0.3) is 0 Å². The van der Waals surface area contributed by atoms with Gasteiger partial charge in [-0.15, -0.1) is 0 Å². The van der Waals surface area contributed by atoms with Gasteiger partial charge in [-0.05, 0) is 30.9 Å². The minimum Gasteiger partial charge on any atom is -0.370 e. The quantitative estimate of drug-likeness (QED) is 0.684. The third kappa shape index (κ3) is 2.03. The van der Waals surface area contributed by atoms with E-state index in [1.54, 1.807) is 0 Å². The molecule has 0 aromatic heterocycles. The average molecular weight is 210 g/mol. The molecule has 14 heavy (non-hydrogen) atoms. The first-order valence-electron chi connectivity index (χ1n) is 5.27. The molecule has 0 aliphatic carbocycles. The number of piperidine rings is 1. The Morgan fingerprint density at radius 2 is 1.86 bits per heavy atom. The summed E-state index contributed by atoms with van der Waals surface area (Å²) >= 11 is 6.15. The molecule has 0 saturated carbocycles. The van der Waals surface area contributed by atoms with E-state index < -0.39 is 0 Å². The zero-order chi connectivity index (χ0) is 9.97. The van der Waals surface area contributed by atoms with E-state index in [2.05, 4.69) is 24.0 Å². The molecule has 1 aromatic carbocycles. The van der Waals surface area contributed by atoms with Gasteiger partial charge >= 0.3 is 0 Å². The lowest BCUT2D eigenvalue weighted by Gasteiger charge is -2.32. The molecule has 2 heteroatoms. The van der Waals surface area contributed by atoms with E-state index in [1.165, 1.54) is 18.5 Å². The highest BCUT2D eigenvalue weighted by Crippen LogP contribution is 2.28. The lowest BCUT2D eigenvalue weighted by molar-refractivity contribution is 0.438. The third-order valence-electron chi connectivity index (χ3n) is 2.98. The van der Waals surface area contributed by atoms with Crippen molar-refractivity contribution in [2.24, 2.45) is 5.92 Å². The van der Waals surface area contributed by atoms with Gasteiger partial charge in [-0.1, -0.05) is 30.7 Å². The third-order valence-corrected chi connectivity index (χ3v) is 3.30. The van der Waals surface area contributed by atoms with E-state index in [9.17, 15) is 0 Å². The number of rotatable bonds is 1. The van der Waals surface area contributed by atoms with Gasteiger partial charge in [0.1, 0.15) is 0 Å². The van der Waals surface area contributed by atoms with Crippen molar-refractivity contribution in [2.75, 3.05) is 18.0 Å². The van der Waals surface area contributed by atoms with Gasteiger partial charge in [0.15, 0.2) is 0 Å². The van der Waals surface area contributed by atoms with Gasteiger partial charge in [-0.25, -0.2) is 0 Å². The molecule has 1 aliphatic rings. The van der Waals surface area contributed by atoms with Crippen LogP contribution in [-0.2, 0) is 0 Å². The first-order chi connectivity index (χ1) is 6.77. The first-order valence-corrected chi connectivity index (χ1v) is 5.64. The highest BCUT2D eigenvalue weighted by atomic mass is 35.5. The highest BCUT2D eigenvalue weighted by molar-refractivity contribution is 6.33. The maximum atomic E-state index is 6.15. The van der Waals surface area contributed by atoms with Gasteiger partial charge in [-0.2, -0.15) is 0 Å². The second-order valence-electron chi connectivity index (χ2n) is 4.12. The first kappa shape index (κ1) is 9.85. The van der Waals surface area contributed by atoms with E-state index in [-0.39, 0.29) is 0 Å². The van der Waals surface area contributed by atoms with Crippen molar-refractivity contribution >= 4 is 17.3 Å². The van der Waals surface area contributed by atoms with Crippen LogP contribution < -0.4 is 4.90 Å². The van der Waals surface area contributed by atoms with Crippen molar-refractivity contribution in [3.63, 3.8) is 0 Å². The molecule has 1 saturated heterocycles. The lowest BCUT2D eigenvalue weighted by Crippen LogP contribution is -2.32. The van der Waals surface area contributed by atoms with Gasteiger partial charge in [0, 0.05) is 13.1 Å². The Hall–Kier alpha value is -0.690. The summed E-state index contributed by atoms with van der Waals surface area (Å²) in [7, 11) is 0. The molecule has 1 nitrogen and oxygen atoms in total. The van der Waals surface area contributed by atoms with Crippen molar-refractivity contribution in [1.29, 1.82) is 0 Å². The Bertz CT molecular complexity index is 303. The van der Waals surface area contributed by atoms with Crippen LogP contribution in [0.3, 0.4) is 0 Å². The average Bonchev–Trinajstić information content (AvgIpc) is 2.20. The number of anilines is 1. The summed E-state index contributed by atoms with van der Waals surface area (Å²) in [5.41, 5.74) is 1.20. The number of para-hydroxylation sites is 1. The second-order valence-corrected chi connectivity index (χ2v) is 4.53. The zero-order valence-corrected chi connectivity index (χ0v) is 9.30. The SMILES string of the molecule is CC1CCN(c2ccccc2Cl)CC1. The van der Waals surface area contributed by atoms with Crippen molar-refractivity contribution < 1.29 is 0 Å². The maximum Gasteiger partial charge on any atom is 0.0639 e. The number of halogens is 1. The lowest BCUT2D eigenvalue weighted by atomic mass is 9.99. The normalized spacial score (nSPS) is 18.6. The molecule has 2 rings (SSSR count). The molecule has 0 spiro atoms. The molecule has 1 aliphatic heterocycles. The van der Waals surface area contributed by atoms with Crippen LogP contribution in [0.4, 0.5) is 5.69 Å². The Kier molecular flexibility index (Phi) is 2.97. The smallest absolute Gasteiger partial charge is 0.0639 e. The number of nitrogens with zero attached hydrogens (tertiary/aromatic N) is 1. The Morgan fingerprint density at radius 3 is 2.50 bits per heavy atom. The topological polar surface area (TPSA) is 3.24 Å². The second kappa shape index (κ2) is 4.22. The summed E-state index contributed by atoms with van der Waals surface area (Å²) < 4.78 is 0. The molecule has 0 radical (unpaired) electrons. The van der Waals surface area contributed by atoms with Crippen LogP contribution in [0, 0.1) is 5.92 Å². The Balaban J connectivity index is 2.12. The summed E-state index contributed by atoms with van der Waals surface area (Å²) in [5.74, 6) is 0.869. The predicted octanol–water partition coefficient (Wildman–Crippen LogP) is 3.58. The van der Waals surface area contributed by atoms with Crippen molar-refractivity contribution in [3.8, 4) is 0 Å². The maximum absolute atomic E-state index is 6.15. The molecule has 0 N–H and O–H groups in total. The molecule has 76 valence electrons. The van der Waals surface area contributed by atoms with Crippen LogP contribution in [0.1, 0.15) is 19.8 Å². The minimum atomic E-state index is 0.869. The number of benzene rings is 1. The van der Waals surface area contributed by atoms with Crippen LogP contribution in [0.15, 0.2) is 24.3 Å². The molecule has 1 aromatic rings. The zero-order valence-electron chi connectivity index (χ0n) is 8.54. The predicted molar refractivity (Wildman–Crippen MR) is 62.1 cm³/mol.